The van der Waals surface area contributed by atoms with Crippen LogP contribution in [0.4, 0.5) is 0 Å². The van der Waals surface area contributed by atoms with E-state index < -0.39 is 22.7 Å². The molecule has 0 heterocycles. The SMILES string of the molecule is CC(C)C(=O)OCC[C@@]1(C(O)(O)C2CCCCC2)CC[C@H]2[C@@H]3CCC4=CCC=C[C@]4(C)[C@H]3C(O)C[C@@]21C. The molecule has 5 aliphatic carbocycles. The summed E-state index contributed by atoms with van der Waals surface area (Å²) >= 11 is 0. The minimum Gasteiger partial charge on any atom is -0.465 e. The highest BCUT2D eigenvalue weighted by atomic mass is 16.5. The summed E-state index contributed by atoms with van der Waals surface area (Å²) in [6.45, 7) is 8.42. The molecular formula is C32H50O5. The molecule has 7 atom stereocenters. The van der Waals surface area contributed by atoms with Crippen molar-refractivity contribution in [1.29, 1.82) is 0 Å². The highest BCUT2D eigenvalue weighted by molar-refractivity contribution is 5.71. The van der Waals surface area contributed by atoms with Crippen molar-refractivity contribution in [2.45, 2.75) is 117 Å². The fourth-order valence-corrected chi connectivity index (χ4v) is 10.2. The largest absolute Gasteiger partial charge is 0.465 e. The number of carbonyl (C=O) groups excluding carboxylic acids is 1. The zero-order valence-electron chi connectivity index (χ0n) is 23.5. The molecule has 0 radical (unpaired) electrons. The van der Waals surface area contributed by atoms with Gasteiger partial charge in [-0.3, -0.25) is 4.79 Å². The minimum atomic E-state index is -1.85. The third-order valence-electron chi connectivity index (χ3n) is 12.0. The molecule has 0 spiro atoms. The van der Waals surface area contributed by atoms with Crippen LogP contribution in [0.15, 0.2) is 23.8 Å². The summed E-state index contributed by atoms with van der Waals surface area (Å²) in [5.41, 5.74) is 0.118. The van der Waals surface area contributed by atoms with Gasteiger partial charge in [0.05, 0.1) is 18.6 Å². The van der Waals surface area contributed by atoms with Gasteiger partial charge in [0, 0.05) is 22.7 Å². The summed E-state index contributed by atoms with van der Waals surface area (Å²) < 4.78 is 5.68. The van der Waals surface area contributed by atoms with E-state index in [1.54, 1.807) is 0 Å². The third-order valence-corrected chi connectivity index (χ3v) is 12.0. The quantitative estimate of drug-likeness (QED) is 0.233. The number of allylic oxidation sites excluding steroid dienone is 4. The number of carbonyl (C=O) groups is 1. The Morgan fingerprint density at radius 2 is 1.86 bits per heavy atom. The number of ether oxygens (including phenoxy) is 1. The molecular weight excluding hydrogens is 464 g/mol. The van der Waals surface area contributed by atoms with Crippen LogP contribution in [-0.4, -0.2) is 39.8 Å². The van der Waals surface area contributed by atoms with Gasteiger partial charge in [0.1, 0.15) is 0 Å². The van der Waals surface area contributed by atoms with Crippen LogP contribution in [0, 0.1) is 45.8 Å². The fourth-order valence-electron chi connectivity index (χ4n) is 10.2. The van der Waals surface area contributed by atoms with Crippen molar-refractivity contribution in [3.8, 4) is 0 Å². The van der Waals surface area contributed by atoms with Crippen LogP contribution in [0.2, 0.25) is 0 Å². The molecule has 208 valence electrons. The molecule has 0 amide bonds. The molecule has 5 heteroatoms. The van der Waals surface area contributed by atoms with E-state index in [0.29, 0.717) is 31.1 Å². The van der Waals surface area contributed by atoms with Crippen molar-refractivity contribution >= 4 is 5.97 Å². The van der Waals surface area contributed by atoms with Gasteiger partial charge >= 0.3 is 5.97 Å². The Kier molecular flexibility index (Phi) is 7.25. The van der Waals surface area contributed by atoms with E-state index in [2.05, 4.69) is 32.1 Å². The van der Waals surface area contributed by atoms with Crippen LogP contribution in [0.25, 0.3) is 0 Å². The number of aliphatic hydroxyl groups excluding tert-OH is 1. The van der Waals surface area contributed by atoms with Gasteiger partial charge < -0.3 is 20.1 Å². The maximum Gasteiger partial charge on any atom is 0.308 e. The monoisotopic (exact) mass is 514 g/mol. The normalized spacial score (nSPS) is 42.1. The van der Waals surface area contributed by atoms with E-state index in [1.807, 2.05) is 13.8 Å². The molecule has 0 saturated heterocycles. The summed E-state index contributed by atoms with van der Waals surface area (Å²) in [4.78, 5) is 12.3. The van der Waals surface area contributed by atoms with Gasteiger partial charge in [-0.25, -0.2) is 0 Å². The Morgan fingerprint density at radius 3 is 2.57 bits per heavy atom. The predicted molar refractivity (Wildman–Crippen MR) is 144 cm³/mol. The van der Waals surface area contributed by atoms with Crippen molar-refractivity contribution in [1.82, 2.24) is 0 Å². The van der Waals surface area contributed by atoms with E-state index in [1.165, 1.54) is 5.57 Å². The van der Waals surface area contributed by atoms with E-state index >= 15 is 0 Å². The second kappa shape index (κ2) is 9.78. The zero-order valence-corrected chi connectivity index (χ0v) is 23.5. The minimum absolute atomic E-state index is 0.112. The molecule has 37 heavy (non-hydrogen) atoms. The Hall–Kier alpha value is -1.17. The van der Waals surface area contributed by atoms with Crippen LogP contribution in [0.1, 0.15) is 105 Å². The van der Waals surface area contributed by atoms with E-state index in [-0.39, 0.29) is 35.7 Å². The number of rotatable bonds is 6. The van der Waals surface area contributed by atoms with Crippen molar-refractivity contribution in [2.75, 3.05) is 6.61 Å². The maximum absolute atomic E-state index is 12.3. The summed E-state index contributed by atoms with van der Waals surface area (Å²) in [5, 5.41) is 36.3. The van der Waals surface area contributed by atoms with Crippen molar-refractivity contribution in [2.24, 2.45) is 45.8 Å². The van der Waals surface area contributed by atoms with Crippen molar-refractivity contribution in [3.63, 3.8) is 0 Å². The molecule has 5 nitrogen and oxygen atoms in total. The van der Waals surface area contributed by atoms with Crippen LogP contribution >= 0.6 is 0 Å². The number of fused-ring (bicyclic) bond motifs is 5. The standard InChI is InChI=1S/C32H50O5/c1-21(2)28(34)37-19-18-31(32(35,36)23-11-6-5-7-12-23)17-15-25-24-14-13-22-10-8-9-16-29(22,3)27(24)26(33)20-30(25,31)4/h9-10,16,21,23-27,33,35-36H,5-8,11-15,17-20H2,1-4H3/t24-,25-,26?,27+,29-,30-,31-/m0/s1. The number of hydrogen-bond acceptors (Lipinski definition) is 5. The summed E-state index contributed by atoms with van der Waals surface area (Å²) in [5.74, 6) is -1.63. The molecule has 5 aliphatic rings. The van der Waals surface area contributed by atoms with Gasteiger partial charge in [-0.2, -0.15) is 0 Å². The lowest BCUT2D eigenvalue weighted by atomic mass is 9.43. The molecule has 0 aromatic carbocycles. The number of hydrogen-bond donors (Lipinski definition) is 3. The zero-order chi connectivity index (χ0) is 26.6. The molecule has 4 fully saturated rings. The molecule has 0 aromatic heterocycles. The molecule has 0 aromatic rings. The molecule has 5 rings (SSSR count). The van der Waals surface area contributed by atoms with Crippen LogP contribution in [0.3, 0.4) is 0 Å². The summed E-state index contributed by atoms with van der Waals surface area (Å²) in [6.07, 6.45) is 17.1. The Balaban J connectivity index is 1.51. The Bertz CT molecular complexity index is 929. The molecule has 3 N–H and O–H groups in total. The van der Waals surface area contributed by atoms with Gasteiger partial charge in [-0.1, -0.05) is 70.8 Å². The second-order valence-corrected chi connectivity index (χ2v) is 13.9. The first-order chi connectivity index (χ1) is 17.5. The van der Waals surface area contributed by atoms with Gasteiger partial charge in [0.15, 0.2) is 5.79 Å². The van der Waals surface area contributed by atoms with Crippen molar-refractivity contribution in [3.05, 3.63) is 23.8 Å². The maximum atomic E-state index is 12.3. The lowest BCUT2D eigenvalue weighted by molar-refractivity contribution is -0.321. The molecule has 0 aliphatic heterocycles. The average Bonchev–Trinajstić information content (AvgIpc) is 3.16. The van der Waals surface area contributed by atoms with E-state index in [4.69, 9.17) is 4.74 Å². The topological polar surface area (TPSA) is 87.0 Å². The highest BCUT2D eigenvalue weighted by Gasteiger charge is 2.72. The second-order valence-electron chi connectivity index (χ2n) is 13.9. The lowest BCUT2D eigenvalue weighted by Crippen LogP contribution is -2.65. The predicted octanol–water partition coefficient (Wildman–Crippen LogP) is 5.92. The Labute approximate surface area is 223 Å². The Morgan fingerprint density at radius 1 is 1.14 bits per heavy atom. The van der Waals surface area contributed by atoms with Gasteiger partial charge in [0.25, 0.3) is 0 Å². The highest BCUT2D eigenvalue weighted by Crippen LogP contribution is 2.73. The first-order valence-corrected chi connectivity index (χ1v) is 15.1. The van der Waals surface area contributed by atoms with Crippen LogP contribution < -0.4 is 0 Å². The van der Waals surface area contributed by atoms with E-state index in [0.717, 1.165) is 57.8 Å². The van der Waals surface area contributed by atoms with Gasteiger partial charge in [-0.15, -0.1) is 0 Å². The summed E-state index contributed by atoms with van der Waals surface area (Å²) in [6, 6.07) is 0. The molecule has 1 unspecified atom stereocenters. The lowest BCUT2D eigenvalue weighted by Gasteiger charge is -2.63. The van der Waals surface area contributed by atoms with Crippen LogP contribution in [0.5, 0.6) is 0 Å². The first-order valence-electron chi connectivity index (χ1n) is 15.1. The summed E-state index contributed by atoms with van der Waals surface area (Å²) in [7, 11) is 0. The third kappa shape index (κ3) is 4.09. The smallest absolute Gasteiger partial charge is 0.308 e. The number of aliphatic hydroxyl groups is 3. The van der Waals surface area contributed by atoms with Gasteiger partial charge in [0.2, 0.25) is 0 Å². The molecule has 4 saturated carbocycles. The average molecular weight is 515 g/mol. The van der Waals surface area contributed by atoms with Crippen molar-refractivity contribution < 1.29 is 24.9 Å². The fraction of sp³-hybridized carbons (Fsp3) is 0.844. The van der Waals surface area contributed by atoms with Gasteiger partial charge in [-0.05, 0) is 75.0 Å². The first kappa shape index (κ1) is 27.4. The number of esters is 1. The van der Waals surface area contributed by atoms with E-state index in [9.17, 15) is 20.1 Å². The van der Waals surface area contributed by atoms with Crippen LogP contribution in [-0.2, 0) is 9.53 Å². The molecule has 0 bridgehead atoms.